The molecule has 3 heterocycles. The predicted octanol–water partition coefficient (Wildman–Crippen LogP) is 6.45. The van der Waals surface area contributed by atoms with Crippen LogP contribution in [0, 0.1) is 12.7 Å². The van der Waals surface area contributed by atoms with E-state index in [-0.39, 0.29) is 24.4 Å². The molecule has 1 unspecified atom stereocenters. The zero-order valence-electron chi connectivity index (χ0n) is 20.8. The van der Waals surface area contributed by atoms with E-state index in [2.05, 4.69) is 6.07 Å². The molecule has 0 aliphatic carbocycles. The highest BCUT2D eigenvalue weighted by Crippen LogP contribution is 2.33. The van der Waals surface area contributed by atoms with Gasteiger partial charge in [0.1, 0.15) is 16.9 Å². The molecule has 0 saturated carbocycles. The Morgan fingerprint density at radius 2 is 1.82 bits per heavy atom. The van der Waals surface area contributed by atoms with Gasteiger partial charge in [-0.3, -0.25) is 14.4 Å². The van der Waals surface area contributed by atoms with Crippen molar-refractivity contribution >= 4 is 56.3 Å². The summed E-state index contributed by atoms with van der Waals surface area (Å²) in [6.45, 7) is 2.21. The maximum Gasteiger partial charge on any atom is 0.257 e. The molecule has 194 valence electrons. The number of hydrogen-bond donors (Lipinski definition) is 0. The fourth-order valence-electron chi connectivity index (χ4n) is 4.69. The lowest BCUT2D eigenvalue weighted by Crippen LogP contribution is -2.45. The Kier molecular flexibility index (Phi) is 6.54. The van der Waals surface area contributed by atoms with Crippen LogP contribution < -0.4 is 4.90 Å². The number of nitrogens with zero attached hydrogens (tertiary/aromatic N) is 3. The number of imide groups is 1. The second-order valence-electron chi connectivity index (χ2n) is 9.34. The lowest BCUT2D eigenvalue weighted by molar-refractivity contribution is -0.122. The molecule has 0 bridgehead atoms. The quantitative estimate of drug-likeness (QED) is 0.226. The lowest BCUT2D eigenvalue weighted by atomic mass is 10.1. The van der Waals surface area contributed by atoms with Gasteiger partial charge in [-0.05, 0) is 84.6 Å². The molecule has 0 N–H and O–H groups in total. The van der Waals surface area contributed by atoms with Gasteiger partial charge in [-0.2, -0.15) is 0 Å². The lowest BCUT2D eigenvalue weighted by Gasteiger charge is -2.27. The van der Waals surface area contributed by atoms with Crippen LogP contribution in [0.2, 0.25) is 0 Å². The van der Waals surface area contributed by atoms with E-state index in [9.17, 15) is 18.8 Å². The number of benzene rings is 3. The summed E-state index contributed by atoms with van der Waals surface area (Å²) in [4.78, 5) is 48.4. The van der Waals surface area contributed by atoms with E-state index >= 15 is 0 Å². The van der Waals surface area contributed by atoms with Crippen LogP contribution in [-0.2, 0) is 16.1 Å². The second kappa shape index (κ2) is 10.2. The first-order valence-electron chi connectivity index (χ1n) is 12.3. The molecular weight excluding hydrogens is 533 g/mol. The number of thiazole rings is 1. The minimum atomic E-state index is -0.968. The highest BCUT2D eigenvalue weighted by atomic mass is 32.1. The van der Waals surface area contributed by atoms with Crippen LogP contribution >= 0.6 is 22.7 Å². The maximum atomic E-state index is 13.6. The number of carbonyl (C=O) groups excluding carboxylic acids is 3. The summed E-state index contributed by atoms with van der Waals surface area (Å²) in [5, 5.41) is 2.74. The van der Waals surface area contributed by atoms with Crippen molar-refractivity contribution in [3.63, 3.8) is 0 Å². The van der Waals surface area contributed by atoms with Crippen LogP contribution in [0.25, 0.3) is 20.8 Å². The highest BCUT2D eigenvalue weighted by molar-refractivity contribution is 7.21. The normalized spacial score (nSPS) is 15.3. The minimum absolute atomic E-state index is 0.129. The van der Waals surface area contributed by atoms with E-state index in [1.54, 1.807) is 23.5 Å². The van der Waals surface area contributed by atoms with Gasteiger partial charge in [0, 0.05) is 16.0 Å². The van der Waals surface area contributed by atoms with Gasteiger partial charge in [0.15, 0.2) is 0 Å². The van der Waals surface area contributed by atoms with E-state index in [0.717, 1.165) is 30.6 Å². The Morgan fingerprint density at radius 1 is 1.05 bits per heavy atom. The molecule has 1 fully saturated rings. The van der Waals surface area contributed by atoms with Gasteiger partial charge in [0.2, 0.25) is 5.91 Å². The van der Waals surface area contributed by atoms with Crippen molar-refractivity contribution in [3.05, 3.63) is 106 Å². The summed E-state index contributed by atoms with van der Waals surface area (Å²) in [6, 6.07) is 21.2. The average Bonchev–Trinajstić information content (AvgIpc) is 3.66. The van der Waals surface area contributed by atoms with E-state index in [1.807, 2.05) is 48.7 Å². The molecule has 39 heavy (non-hydrogen) atoms. The standard InChI is InChI=1S/C30H22FN3O3S2/c1-18-4-13-24-26(15-18)39-28(32-24)19-7-11-22(12-8-19)34-27(35)16-25(30(34)37)33(17-23-3-2-14-38-23)29(36)20-5-9-21(31)10-6-20/h2-15,25H,16-17H2,1H3. The molecule has 5 aromatic rings. The first kappa shape index (κ1) is 25.1. The number of rotatable bonds is 6. The second-order valence-corrected chi connectivity index (χ2v) is 11.4. The Bertz CT molecular complexity index is 1700. The third-order valence-corrected chi connectivity index (χ3v) is 8.60. The number of aromatic nitrogens is 1. The molecule has 0 radical (unpaired) electrons. The third-order valence-electron chi connectivity index (χ3n) is 6.67. The molecule has 1 atom stereocenters. The largest absolute Gasteiger partial charge is 0.321 e. The molecule has 3 amide bonds. The number of thiophene rings is 1. The summed E-state index contributed by atoms with van der Waals surface area (Å²) in [7, 11) is 0. The van der Waals surface area contributed by atoms with Gasteiger partial charge >= 0.3 is 0 Å². The molecule has 1 aliphatic heterocycles. The van der Waals surface area contributed by atoms with E-state index in [4.69, 9.17) is 4.98 Å². The number of hydrogen-bond acceptors (Lipinski definition) is 6. The SMILES string of the molecule is Cc1ccc2nc(-c3ccc(N4C(=O)CC(N(Cc5cccs5)C(=O)c5ccc(F)cc5)C4=O)cc3)sc2c1. The van der Waals surface area contributed by atoms with Gasteiger partial charge in [-0.25, -0.2) is 14.3 Å². The fraction of sp³-hybridized carbons (Fsp3) is 0.133. The van der Waals surface area contributed by atoms with E-state index < -0.39 is 23.7 Å². The molecule has 2 aromatic heterocycles. The van der Waals surface area contributed by atoms with E-state index in [1.165, 1.54) is 46.1 Å². The first-order chi connectivity index (χ1) is 18.9. The number of halogens is 1. The molecule has 1 saturated heterocycles. The maximum absolute atomic E-state index is 13.6. The Balaban J connectivity index is 1.27. The van der Waals surface area contributed by atoms with Crippen molar-refractivity contribution in [1.29, 1.82) is 0 Å². The smallest absolute Gasteiger partial charge is 0.257 e. The van der Waals surface area contributed by atoms with Crippen molar-refractivity contribution in [3.8, 4) is 10.6 Å². The van der Waals surface area contributed by atoms with Crippen LogP contribution in [-0.4, -0.2) is 33.6 Å². The number of aryl methyl sites for hydroxylation is 1. The van der Waals surface area contributed by atoms with E-state index in [0.29, 0.717) is 5.69 Å². The van der Waals surface area contributed by atoms with Gasteiger partial charge < -0.3 is 4.90 Å². The van der Waals surface area contributed by atoms with Crippen molar-refractivity contribution in [2.75, 3.05) is 4.90 Å². The molecule has 6 rings (SSSR count). The summed E-state index contributed by atoms with van der Waals surface area (Å²) in [5.41, 5.74) is 3.67. The Labute approximate surface area is 232 Å². The van der Waals surface area contributed by atoms with Crippen LogP contribution in [0.5, 0.6) is 0 Å². The zero-order valence-corrected chi connectivity index (χ0v) is 22.5. The van der Waals surface area contributed by atoms with Crippen LogP contribution in [0.4, 0.5) is 10.1 Å². The Hall–Kier alpha value is -4.21. The monoisotopic (exact) mass is 555 g/mol. The molecule has 6 nitrogen and oxygen atoms in total. The summed E-state index contributed by atoms with van der Waals surface area (Å²) in [5.74, 6) is -1.73. The zero-order chi connectivity index (χ0) is 27.1. The highest BCUT2D eigenvalue weighted by Gasteiger charge is 2.44. The molecule has 1 aliphatic rings. The van der Waals surface area contributed by atoms with Gasteiger partial charge in [-0.1, -0.05) is 12.1 Å². The van der Waals surface area contributed by atoms with Crippen LogP contribution in [0.1, 0.15) is 27.2 Å². The first-order valence-corrected chi connectivity index (χ1v) is 14.0. The van der Waals surface area contributed by atoms with Gasteiger partial charge in [0.05, 0.1) is 28.9 Å². The molecule has 3 aromatic carbocycles. The minimum Gasteiger partial charge on any atom is -0.321 e. The van der Waals surface area contributed by atoms with Gasteiger partial charge in [0.25, 0.3) is 11.8 Å². The number of carbonyl (C=O) groups is 3. The number of anilines is 1. The van der Waals surface area contributed by atoms with Gasteiger partial charge in [-0.15, -0.1) is 22.7 Å². The number of fused-ring (bicyclic) bond motifs is 1. The molecule has 0 spiro atoms. The van der Waals surface area contributed by atoms with Crippen molar-refractivity contribution in [1.82, 2.24) is 9.88 Å². The van der Waals surface area contributed by atoms with Crippen molar-refractivity contribution in [2.24, 2.45) is 0 Å². The fourth-order valence-corrected chi connectivity index (χ4v) is 6.46. The topological polar surface area (TPSA) is 70.6 Å². The number of amides is 3. The third kappa shape index (κ3) is 4.86. The van der Waals surface area contributed by atoms with Crippen LogP contribution in [0.3, 0.4) is 0 Å². The van der Waals surface area contributed by atoms with Crippen molar-refractivity contribution < 1.29 is 18.8 Å². The summed E-state index contributed by atoms with van der Waals surface area (Å²) >= 11 is 3.04. The molecular formula is C30H22FN3O3S2. The molecule has 9 heteroatoms. The average molecular weight is 556 g/mol. The predicted molar refractivity (Wildman–Crippen MR) is 151 cm³/mol. The Morgan fingerprint density at radius 3 is 2.54 bits per heavy atom. The van der Waals surface area contributed by atoms with Crippen LogP contribution in [0.15, 0.2) is 84.2 Å². The van der Waals surface area contributed by atoms with Crippen molar-refractivity contribution in [2.45, 2.75) is 25.9 Å². The summed E-state index contributed by atoms with van der Waals surface area (Å²) in [6.07, 6.45) is -0.129. The summed E-state index contributed by atoms with van der Waals surface area (Å²) < 4.78 is 14.6.